The van der Waals surface area contributed by atoms with E-state index in [9.17, 15) is 76.0 Å². The molecule has 0 aromatic heterocycles. The molecule has 4 aliphatic heterocycles. The number of rotatable bonds is 50. The summed E-state index contributed by atoms with van der Waals surface area (Å²) in [5, 5.41) is 147. The van der Waals surface area contributed by atoms with Gasteiger partial charge in [-0.15, -0.1) is 0 Å². The van der Waals surface area contributed by atoms with Gasteiger partial charge in [0, 0.05) is 13.3 Å². The molecule has 0 bridgehead atoms. The molecule has 8 unspecified atom stereocenters. The van der Waals surface area contributed by atoms with Crippen LogP contribution in [0.3, 0.4) is 0 Å². The number of amides is 2. The molecular weight excluding hydrogens is 1210 g/mol. The molecule has 4 rings (SSSR count). The van der Waals surface area contributed by atoms with Crippen molar-refractivity contribution in [3.8, 4) is 0 Å². The molecule has 0 aliphatic carbocycles. The largest absolute Gasteiger partial charge is 0.394 e. The highest BCUT2D eigenvalue weighted by Gasteiger charge is 2.56. The van der Waals surface area contributed by atoms with Crippen molar-refractivity contribution < 1.29 is 114 Å². The first-order valence-corrected chi connectivity index (χ1v) is 35.6. The second-order valence-electron chi connectivity index (χ2n) is 26.1. The van der Waals surface area contributed by atoms with Gasteiger partial charge in [0.1, 0.15) is 97.6 Å². The first kappa shape index (κ1) is 83.0. The lowest BCUT2D eigenvalue weighted by Crippen LogP contribution is -2.69. The van der Waals surface area contributed by atoms with Crippen molar-refractivity contribution in [3.63, 3.8) is 0 Å². The van der Waals surface area contributed by atoms with Crippen molar-refractivity contribution in [2.75, 3.05) is 33.0 Å². The topological polar surface area (TPSA) is 395 Å². The number of unbranched alkanes of at least 4 members (excludes halogenated alkanes) is 28. The molecule has 2 amide bonds. The van der Waals surface area contributed by atoms with Gasteiger partial charge in [-0.1, -0.05) is 192 Å². The minimum atomic E-state index is -2.09. The molecule has 0 aromatic carbocycles. The highest BCUT2D eigenvalue weighted by Crippen LogP contribution is 2.35. The third kappa shape index (κ3) is 29.5. The fraction of sp³-hybridized carbons (Fsp3) is 0.912. The van der Waals surface area contributed by atoms with Gasteiger partial charge in [-0.05, 0) is 44.9 Å². The van der Waals surface area contributed by atoms with Gasteiger partial charge in [0.15, 0.2) is 25.2 Å². The summed E-state index contributed by atoms with van der Waals surface area (Å²) in [4.78, 5) is 26.0. The molecule has 4 fully saturated rings. The first-order valence-electron chi connectivity index (χ1n) is 35.6. The second-order valence-corrected chi connectivity index (χ2v) is 26.1. The highest BCUT2D eigenvalue weighted by atomic mass is 16.8. The van der Waals surface area contributed by atoms with Gasteiger partial charge >= 0.3 is 0 Å². The quantitative estimate of drug-likeness (QED) is 0.0303. The molecule has 4 heterocycles. The number of carbonyl (C=O) groups excluding carboxylic acids is 2. The summed E-state index contributed by atoms with van der Waals surface area (Å²) < 4.78 is 46.7. The van der Waals surface area contributed by atoms with Crippen LogP contribution in [0.4, 0.5) is 0 Å². The Morgan fingerprint density at radius 3 is 1.28 bits per heavy atom. The van der Waals surface area contributed by atoms with E-state index in [2.05, 4.69) is 36.6 Å². The number of hydrogen-bond donors (Lipinski definition) is 15. The van der Waals surface area contributed by atoms with Crippen molar-refractivity contribution in [2.24, 2.45) is 0 Å². The normalized spacial score (nSPS) is 32.5. The van der Waals surface area contributed by atoms with Crippen LogP contribution in [0.2, 0.25) is 0 Å². The highest BCUT2D eigenvalue weighted by molar-refractivity contribution is 5.76. The maximum absolute atomic E-state index is 13.5. The molecule has 93 heavy (non-hydrogen) atoms. The van der Waals surface area contributed by atoms with Crippen LogP contribution in [0.15, 0.2) is 24.3 Å². The van der Waals surface area contributed by atoms with Crippen LogP contribution in [0, 0.1) is 0 Å². The molecule has 15 N–H and O–H groups in total. The molecule has 25 heteroatoms. The summed E-state index contributed by atoms with van der Waals surface area (Å²) in [6.45, 7) is 1.59. The van der Waals surface area contributed by atoms with Crippen LogP contribution in [-0.2, 0) is 47.5 Å². The van der Waals surface area contributed by atoms with E-state index in [0.717, 1.165) is 51.9 Å². The van der Waals surface area contributed by atoms with E-state index in [0.29, 0.717) is 12.8 Å². The predicted molar refractivity (Wildman–Crippen MR) is 345 cm³/mol. The van der Waals surface area contributed by atoms with Gasteiger partial charge < -0.3 is 115 Å². The molecule has 544 valence electrons. The summed E-state index contributed by atoms with van der Waals surface area (Å²) in [7, 11) is 0. The van der Waals surface area contributed by atoms with Crippen LogP contribution in [0.5, 0.6) is 0 Å². The third-order valence-electron chi connectivity index (χ3n) is 18.3. The van der Waals surface area contributed by atoms with Crippen LogP contribution < -0.4 is 10.6 Å². The second kappa shape index (κ2) is 48.3. The van der Waals surface area contributed by atoms with Crippen molar-refractivity contribution in [1.82, 2.24) is 10.6 Å². The van der Waals surface area contributed by atoms with E-state index in [1.807, 2.05) is 6.08 Å². The van der Waals surface area contributed by atoms with Gasteiger partial charge in [0.25, 0.3) is 0 Å². The summed E-state index contributed by atoms with van der Waals surface area (Å²) in [5.41, 5.74) is 0. The van der Waals surface area contributed by atoms with Gasteiger partial charge in [-0.25, -0.2) is 0 Å². The van der Waals surface area contributed by atoms with Gasteiger partial charge in [0.05, 0.1) is 45.2 Å². The average Bonchev–Trinajstić information content (AvgIpc) is 0.786. The average molecular weight is 1340 g/mol. The zero-order valence-corrected chi connectivity index (χ0v) is 56.1. The molecular formula is C68H124N2O23. The maximum Gasteiger partial charge on any atom is 0.220 e. The number of aliphatic hydroxyl groups excluding tert-OH is 13. The Kier molecular flexibility index (Phi) is 43.1. The standard InChI is InChI=1S/C68H124N2O23/c1-4-6-8-10-12-14-16-18-19-20-21-22-23-24-25-27-29-31-33-35-37-39-52(77)70-46(47(76)38-36-34-32-30-28-26-17-15-13-11-9-7-5-2)44-86-66-60(84)58(82)63(51(43-74)90-66)92-68-61(85)64(55(79)49(41-72)88-68)93-65-53(69-45(3)75)56(80)62(50(42-73)89-65)91-67-59(83)57(81)54(78)48(40-71)87-67/h18-19,36,38,46-51,53-68,71-74,76,78-85H,4-17,20-35,37,39-44H2,1-3H3,(H,69,75)(H,70,77)/b19-18-,38-36+/t46-,47+,48?,49?,50?,51?,53?,54-,55-,56+,57-,58+,59?,60?,61?,62-,63+,64-,65-,66+,67-,68-/m0/s1. The van der Waals surface area contributed by atoms with Crippen molar-refractivity contribution >= 4 is 11.8 Å². The minimum Gasteiger partial charge on any atom is -0.394 e. The summed E-state index contributed by atoms with van der Waals surface area (Å²) >= 11 is 0. The van der Waals surface area contributed by atoms with E-state index < -0.39 is 174 Å². The molecule has 0 saturated carbocycles. The Bertz CT molecular complexity index is 1980. The summed E-state index contributed by atoms with van der Waals surface area (Å²) in [5.74, 6) is -1.07. The molecule has 22 atom stereocenters. The van der Waals surface area contributed by atoms with Crippen molar-refractivity contribution in [3.05, 3.63) is 24.3 Å². The fourth-order valence-corrected chi connectivity index (χ4v) is 12.5. The van der Waals surface area contributed by atoms with Crippen LogP contribution >= 0.6 is 0 Å². The lowest BCUT2D eigenvalue weighted by atomic mass is 9.94. The number of nitrogens with one attached hydrogen (secondary N) is 2. The molecule has 4 aliphatic rings. The Balaban J connectivity index is 1.32. The van der Waals surface area contributed by atoms with Crippen LogP contribution in [0.25, 0.3) is 0 Å². The third-order valence-corrected chi connectivity index (χ3v) is 18.3. The first-order chi connectivity index (χ1) is 45.0. The molecule has 4 saturated heterocycles. The monoisotopic (exact) mass is 1340 g/mol. The zero-order valence-electron chi connectivity index (χ0n) is 56.1. The number of ether oxygens (including phenoxy) is 8. The van der Waals surface area contributed by atoms with E-state index in [1.54, 1.807) is 6.08 Å². The van der Waals surface area contributed by atoms with E-state index in [1.165, 1.54) is 141 Å². The smallest absolute Gasteiger partial charge is 0.220 e. The van der Waals surface area contributed by atoms with Crippen LogP contribution in [0.1, 0.15) is 226 Å². The number of carbonyl (C=O) groups is 2. The Morgan fingerprint density at radius 2 is 0.806 bits per heavy atom. The molecule has 25 nitrogen and oxygen atoms in total. The Morgan fingerprint density at radius 1 is 0.419 bits per heavy atom. The Hall–Kier alpha value is -2.42. The summed E-state index contributed by atoms with van der Waals surface area (Å²) in [6.07, 6.45) is 9.51. The number of hydrogen-bond acceptors (Lipinski definition) is 23. The Labute approximate surface area is 552 Å². The van der Waals surface area contributed by atoms with E-state index >= 15 is 0 Å². The van der Waals surface area contributed by atoms with E-state index in [4.69, 9.17) is 37.9 Å². The number of aliphatic hydroxyl groups is 13. The van der Waals surface area contributed by atoms with Gasteiger partial charge in [-0.3, -0.25) is 9.59 Å². The minimum absolute atomic E-state index is 0.209. The lowest BCUT2D eigenvalue weighted by molar-refractivity contribution is -0.381. The van der Waals surface area contributed by atoms with Crippen molar-refractivity contribution in [1.29, 1.82) is 0 Å². The van der Waals surface area contributed by atoms with E-state index in [-0.39, 0.29) is 12.3 Å². The fourth-order valence-electron chi connectivity index (χ4n) is 12.5. The molecule has 0 spiro atoms. The SMILES string of the molecule is CCCCCCCC/C=C\CCCCCCCCCCCCCC(=O)N[C@@H](CO[C@@H]1OC(CO)[C@@H](O[C@@H]2OC(CO)[C@H](O)[C@H](O[C@@H]3OC(CO)[C@H](O[C@@H]4OC(CO)[C@H](O)[C@H](O)C4O)[C@H](O)C3NC(C)=O)C2O)[C@H](O)C1O)[C@H](O)/C=C/CCCCCCCCCCCCC. The van der Waals surface area contributed by atoms with Crippen LogP contribution in [-0.4, -0.2) is 246 Å². The summed E-state index contributed by atoms with van der Waals surface area (Å²) in [6, 6.07) is -2.68. The van der Waals surface area contributed by atoms with Gasteiger partial charge in [-0.2, -0.15) is 0 Å². The lowest BCUT2D eigenvalue weighted by Gasteiger charge is -2.50. The number of allylic oxidation sites excluding steroid dienone is 3. The predicted octanol–water partition coefficient (Wildman–Crippen LogP) is 3.90. The molecule has 0 radical (unpaired) electrons. The van der Waals surface area contributed by atoms with Crippen molar-refractivity contribution in [2.45, 2.75) is 361 Å². The molecule has 0 aromatic rings. The zero-order chi connectivity index (χ0) is 67.9. The maximum atomic E-state index is 13.5. The van der Waals surface area contributed by atoms with Gasteiger partial charge in [0.2, 0.25) is 11.8 Å².